The van der Waals surface area contributed by atoms with Crippen molar-refractivity contribution in [3.8, 4) is 5.75 Å². The molecule has 4 nitrogen and oxygen atoms in total. The van der Waals surface area contributed by atoms with Gasteiger partial charge in [0.2, 0.25) is 0 Å². The number of carbonyl (C=O) groups is 1. The maximum absolute atomic E-state index is 13.7. The number of aldehydes is 1. The number of benzene rings is 1. The lowest BCUT2D eigenvalue weighted by Crippen LogP contribution is -2.01. The van der Waals surface area contributed by atoms with Crippen LogP contribution in [0.4, 0.5) is 8.78 Å². The Balaban J connectivity index is 1.82. The van der Waals surface area contributed by atoms with Crippen molar-refractivity contribution < 1.29 is 18.3 Å². The minimum atomic E-state index is -0.916. The molecule has 0 saturated carbocycles. The number of imidazole rings is 1. The third-order valence-corrected chi connectivity index (χ3v) is 2.93. The second kappa shape index (κ2) is 5.32. The molecule has 3 rings (SSSR count). The lowest BCUT2D eigenvalue weighted by atomic mass is 10.2. The number of ether oxygens (including phenoxy) is 1. The Bertz CT molecular complexity index is 758. The molecule has 0 fully saturated rings. The molecule has 2 aromatic heterocycles. The SMILES string of the molecule is O=Cc1cc(F)c(OCc2cn3ccccc3n2)c(F)c1. The number of halogens is 2. The number of rotatable bonds is 4. The van der Waals surface area contributed by atoms with Gasteiger partial charge in [-0.15, -0.1) is 0 Å². The van der Waals surface area contributed by atoms with Crippen LogP contribution in [0.15, 0.2) is 42.7 Å². The molecule has 0 unspecified atom stereocenters. The lowest BCUT2D eigenvalue weighted by molar-refractivity contribution is 0.112. The van der Waals surface area contributed by atoms with Gasteiger partial charge in [0.15, 0.2) is 17.4 Å². The van der Waals surface area contributed by atoms with Crippen LogP contribution in [0.3, 0.4) is 0 Å². The van der Waals surface area contributed by atoms with Gasteiger partial charge in [-0.1, -0.05) is 6.07 Å². The van der Waals surface area contributed by atoms with Crippen molar-refractivity contribution in [2.75, 3.05) is 0 Å². The number of carbonyl (C=O) groups excluding carboxylic acids is 1. The van der Waals surface area contributed by atoms with Crippen molar-refractivity contribution in [1.82, 2.24) is 9.38 Å². The van der Waals surface area contributed by atoms with Crippen LogP contribution in [0, 0.1) is 11.6 Å². The molecule has 6 heteroatoms. The zero-order valence-electron chi connectivity index (χ0n) is 10.8. The molecule has 0 aliphatic carbocycles. The Morgan fingerprint density at radius 3 is 2.67 bits per heavy atom. The monoisotopic (exact) mass is 288 g/mol. The summed E-state index contributed by atoms with van der Waals surface area (Å²) in [4.78, 5) is 14.8. The first-order valence-electron chi connectivity index (χ1n) is 6.17. The first-order valence-corrected chi connectivity index (χ1v) is 6.17. The van der Waals surface area contributed by atoms with Crippen LogP contribution < -0.4 is 4.74 Å². The largest absolute Gasteiger partial charge is 0.481 e. The van der Waals surface area contributed by atoms with Crippen LogP contribution in [0.2, 0.25) is 0 Å². The fourth-order valence-corrected chi connectivity index (χ4v) is 1.99. The summed E-state index contributed by atoms with van der Waals surface area (Å²) >= 11 is 0. The normalized spacial score (nSPS) is 10.8. The molecule has 0 aliphatic rings. The van der Waals surface area contributed by atoms with Crippen LogP contribution in [0.1, 0.15) is 16.1 Å². The average molecular weight is 288 g/mol. The quantitative estimate of drug-likeness (QED) is 0.693. The van der Waals surface area contributed by atoms with E-state index in [9.17, 15) is 13.6 Å². The Morgan fingerprint density at radius 1 is 1.24 bits per heavy atom. The predicted octanol–water partition coefficient (Wildman–Crippen LogP) is 3.00. The van der Waals surface area contributed by atoms with E-state index in [0.717, 1.165) is 12.1 Å². The third-order valence-electron chi connectivity index (χ3n) is 2.93. The second-order valence-electron chi connectivity index (χ2n) is 4.42. The highest BCUT2D eigenvalue weighted by Crippen LogP contribution is 2.23. The molecule has 21 heavy (non-hydrogen) atoms. The molecule has 0 atom stereocenters. The molecule has 1 aromatic carbocycles. The average Bonchev–Trinajstić information content (AvgIpc) is 2.88. The number of pyridine rings is 1. The van der Waals surface area contributed by atoms with Gasteiger partial charge in [-0.2, -0.15) is 0 Å². The summed E-state index contributed by atoms with van der Waals surface area (Å²) in [6.45, 7) is -0.0735. The number of hydrogen-bond donors (Lipinski definition) is 0. The Labute approximate surface area is 118 Å². The summed E-state index contributed by atoms with van der Waals surface area (Å²) in [6, 6.07) is 7.34. The van der Waals surface area contributed by atoms with E-state index in [1.165, 1.54) is 0 Å². The molecule has 2 heterocycles. The maximum atomic E-state index is 13.7. The summed E-state index contributed by atoms with van der Waals surface area (Å²) in [5.74, 6) is -2.35. The van der Waals surface area contributed by atoms with Crippen LogP contribution in [0.25, 0.3) is 5.65 Å². The summed E-state index contributed by atoms with van der Waals surface area (Å²) < 4.78 is 34.2. The van der Waals surface area contributed by atoms with E-state index in [1.807, 2.05) is 24.4 Å². The molecule has 0 N–H and O–H groups in total. The highest BCUT2D eigenvalue weighted by Gasteiger charge is 2.13. The first kappa shape index (κ1) is 13.2. The number of fused-ring (bicyclic) bond motifs is 1. The number of nitrogens with zero attached hydrogens (tertiary/aromatic N) is 2. The molecule has 106 valence electrons. The zero-order valence-corrected chi connectivity index (χ0v) is 10.8. The van der Waals surface area contributed by atoms with Gasteiger partial charge in [-0.05, 0) is 24.3 Å². The Morgan fingerprint density at radius 2 is 2.00 bits per heavy atom. The second-order valence-corrected chi connectivity index (χ2v) is 4.42. The van der Waals surface area contributed by atoms with E-state index in [0.29, 0.717) is 17.6 Å². The van der Waals surface area contributed by atoms with E-state index in [-0.39, 0.29) is 12.2 Å². The van der Waals surface area contributed by atoms with E-state index in [4.69, 9.17) is 4.74 Å². The van der Waals surface area contributed by atoms with Crippen LogP contribution in [-0.4, -0.2) is 15.7 Å². The standard InChI is InChI=1S/C15H10F2N2O2/c16-12-5-10(8-20)6-13(17)15(12)21-9-11-7-19-4-2-1-3-14(19)18-11/h1-8H,9H2. The topological polar surface area (TPSA) is 43.6 Å². The van der Waals surface area contributed by atoms with Gasteiger partial charge in [-0.3, -0.25) is 4.79 Å². The van der Waals surface area contributed by atoms with Crippen LogP contribution >= 0.6 is 0 Å². The minimum absolute atomic E-state index is 0.0735. The minimum Gasteiger partial charge on any atom is -0.481 e. The van der Waals surface area contributed by atoms with Crippen molar-refractivity contribution in [1.29, 1.82) is 0 Å². The van der Waals surface area contributed by atoms with Crippen molar-refractivity contribution in [2.24, 2.45) is 0 Å². The molecule has 0 aliphatic heterocycles. The Kier molecular flexibility index (Phi) is 3.35. The maximum Gasteiger partial charge on any atom is 0.191 e. The van der Waals surface area contributed by atoms with Gasteiger partial charge in [0.1, 0.15) is 18.5 Å². The fourth-order valence-electron chi connectivity index (χ4n) is 1.99. The van der Waals surface area contributed by atoms with Gasteiger partial charge in [0.25, 0.3) is 0 Å². The first-order chi connectivity index (χ1) is 10.2. The van der Waals surface area contributed by atoms with Gasteiger partial charge in [0, 0.05) is 18.0 Å². The van der Waals surface area contributed by atoms with Crippen molar-refractivity contribution >= 4 is 11.9 Å². The van der Waals surface area contributed by atoms with Crippen LogP contribution in [0.5, 0.6) is 5.75 Å². The lowest BCUT2D eigenvalue weighted by Gasteiger charge is -2.07. The van der Waals surface area contributed by atoms with Crippen molar-refractivity contribution in [3.05, 3.63) is 65.6 Å². The molecule has 3 aromatic rings. The van der Waals surface area contributed by atoms with Crippen molar-refractivity contribution in [3.63, 3.8) is 0 Å². The van der Waals surface area contributed by atoms with Gasteiger partial charge < -0.3 is 9.14 Å². The van der Waals surface area contributed by atoms with E-state index < -0.39 is 17.4 Å². The summed E-state index contributed by atoms with van der Waals surface area (Å²) in [5, 5.41) is 0. The molecule has 0 saturated heterocycles. The third kappa shape index (κ3) is 2.60. The zero-order chi connectivity index (χ0) is 14.8. The highest BCUT2D eigenvalue weighted by atomic mass is 19.1. The van der Waals surface area contributed by atoms with Crippen LogP contribution in [-0.2, 0) is 6.61 Å². The summed E-state index contributed by atoms with van der Waals surface area (Å²) in [5.41, 5.74) is 1.18. The Hall–Kier alpha value is -2.76. The number of aromatic nitrogens is 2. The molecule has 0 amide bonds. The van der Waals surface area contributed by atoms with Crippen molar-refractivity contribution in [2.45, 2.75) is 6.61 Å². The molecule has 0 spiro atoms. The van der Waals surface area contributed by atoms with E-state index in [2.05, 4.69) is 4.98 Å². The molecular formula is C15H10F2N2O2. The van der Waals surface area contributed by atoms with E-state index in [1.54, 1.807) is 10.6 Å². The highest BCUT2D eigenvalue weighted by molar-refractivity contribution is 5.75. The van der Waals surface area contributed by atoms with Gasteiger partial charge >= 0.3 is 0 Å². The summed E-state index contributed by atoms with van der Waals surface area (Å²) in [6.07, 6.45) is 3.90. The smallest absolute Gasteiger partial charge is 0.191 e. The summed E-state index contributed by atoms with van der Waals surface area (Å²) in [7, 11) is 0. The number of hydrogen-bond acceptors (Lipinski definition) is 3. The van der Waals surface area contributed by atoms with E-state index >= 15 is 0 Å². The molecular weight excluding hydrogens is 278 g/mol. The van der Waals surface area contributed by atoms with Gasteiger partial charge in [-0.25, -0.2) is 13.8 Å². The van der Waals surface area contributed by atoms with Gasteiger partial charge in [0.05, 0.1) is 5.69 Å². The molecule has 0 bridgehead atoms. The predicted molar refractivity (Wildman–Crippen MR) is 71.3 cm³/mol. The molecule has 0 radical (unpaired) electrons. The fraction of sp³-hybridized carbons (Fsp3) is 0.0667.